The number of thiophene rings is 1. The second kappa shape index (κ2) is 8.88. The molecule has 3 nitrogen and oxygen atoms in total. The fourth-order valence-electron chi connectivity index (χ4n) is 2.54. The van der Waals surface area contributed by atoms with Crippen LogP contribution in [0.25, 0.3) is 0 Å². The van der Waals surface area contributed by atoms with E-state index in [0.717, 1.165) is 5.56 Å². The van der Waals surface area contributed by atoms with Crippen molar-refractivity contribution in [1.29, 1.82) is 0 Å². The molecule has 3 aromatic rings. The zero-order valence-corrected chi connectivity index (χ0v) is 16.1. The van der Waals surface area contributed by atoms with Gasteiger partial charge < -0.3 is 9.64 Å². The smallest absolute Gasteiger partial charge is 0.261 e. The third-order valence-corrected chi connectivity index (χ3v) is 5.31. The first-order valence-corrected chi connectivity index (χ1v) is 9.60. The molecule has 2 aromatic carbocycles. The molecular weight excluding hydrogens is 366 g/mol. The van der Waals surface area contributed by atoms with E-state index in [1.807, 2.05) is 35.2 Å². The fraction of sp³-hybridized carbons (Fsp3) is 0.190. The molecule has 0 aliphatic heterocycles. The molecule has 26 heavy (non-hydrogen) atoms. The SMILES string of the molecule is Cc1ccsc1CN(Cc1ccccc1)C(=O)COc1ccc(Cl)cc1. The van der Waals surface area contributed by atoms with Crippen LogP contribution in [0.4, 0.5) is 0 Å². The number of benzene rings is 2. The molecule has 0 radical (unpaired) electrons. The van der Waals surface area contributed by atoms with Crippen LogP contribution in [0, 0.1) is 6.92 Å². The number of nitrogens with zero attached hydrogens (tertiary/aromatic N) is 1. The van der Waals surface area contributed by atoms with Crippen molar-refractivity contribution >= 4 is 28.8 Å². The lowest BCUT2D eigenvalue weighted by atomic mass is 10.2. The summed E-state index contributed by atoms with van der Waals surface area (Å²) in [5.74, 6) is 0.589. The van der Waals surface area contributed by atoms with Crippen LogP contribution in [-0.4, -0.2) is 17.4 Å². The summed E-state index contributed by atoms with van der Waals surface area (Å²) in [6.07, 6.45) is 0. The lowest BCUT2D eigenvalue weighted by Gasteiger charge is -2.23. The van der Waals surface area contributed by atoms with Crippen molar-refractivity contribution in [3.63, 3.8) is 0 Å². The van der Waals surface area contributed by atoms with E-state index in [9.17, 15) is 4.79 Å². The van der Waals surface area contributed by atoms with Gasteiger partial charge in [-0.3, -0.25) is 4.79 Å². The molecular formula is C21H20ClNO2S. The molecule has 1 heterocycles. The van der Waals surface area contributed by atoms with Gasteiger partial charge in [0.1, 0.15) is 5.75 Å². The normalized spacial score (nSPS) is 10.5. The van der Waals surface area contributed by atoms with E-state index in [1.54, 1.807) is 35.6 Å². The molecule has 1 aromatic heterocycles. The minimum Gasteiger partial charge on any atom is -0.484 e. The minimum absolute atomic E-state index is 0.00110. The standard InChI is InChI=1S/C21H20ClNO2S/c1-16-11-12-26-20(16)14-23(13-17-5-3-2-4-6-17)21(24)15-25-19-9-7-18(22)8-10-19/h2-12H,13-15H2,1H3. The Balaban J connectivity index is 1.69. The number of ether oxygens (including phenoxy) is 1. The molecule has 0 N–H and O–H groups in total. The molecule has 0 spiro atoms. The largest absolute Gasteiger partial charge is 0.484 e. The summed E-state index contributed by atoms with van der Waals surface area (Å²) < 4.78 is 5.64. The molecule has 0 aliphatic rings. The number of hydrogen-bond acceptors (Lipinski definition) is 3. The van der Waals surface area contributed by atoms with Crippen LogP contribution in [0.2, 0.25) is 5.02 Å². The molecule has 134 valence electrons. The van der Waals surface area contributed by atoms with Crippen molar-refractivity contribution in [2.75, 3.05) is 6.61 Å². The van der Waals surface area contributed by atoms with Crippen LogP contribution < -0.4 is 4.74 Å². The minimum atomic E-state index is -0.0448. The Hall–Kier alpha value is -2.30. The molecule has 1 amide bonds. The molecule has 3 rings (SSSR count). The predicted octanol–water partition coefficient (Wildman–Crippen LogP) is 5.32. The molecule has 0 bridgehead atoms. The quantitative estimate of drug-likeness (QED) is 0.551. The number of rotatable bonds is 7. The van der Waals surface area contributed by atoms with Crippen molar-refractivity contribution in [2.45, 2.75) is 20.0 Å². The number of aryl methyl sites for hydroxylation is 1. The van der Waals surface area contributed by atoms with Crippen molar-refractivity contribution in [1.82, 2.24) is 4.90 Å². The summed E-state index contributed by atoms with van der Waals surface area (Å²) in [7, 11) is 0. The Labute approximate surface area is 162 Å². The average molecular weight is 386 g/mol. The first-order chi connectivity index (χ1) is 12.6. The second-order valence-corrected chi connectivity index (χ2v) is 7.44. The second-order valence-electron chi connectivity index (χ2n) is 6.00. The van der Waals surface area contributed by atoms with Crippen LogP contribution in [0.15, 0.2) is 66.0 Å². The van der Waals surface area contributed by atoms with Gasteiger partial charge in [0.15, 0.2) is 6.61 Å². The summed E-state index contributed by atoms with van der Waals surface area (Å²) in [6, 6.07) is 19.1. The van der Waals surface area contributed by atoms with Gasteiger partial charge in [-0.1, -0.05) is 41.9 Å². The van der Waals surface area contributed by atoms with Gasteiger partial charge in [-0.25, -0.2) is 0 Å². The lowest BCUT2D eigenvalue weighted by Crippen LogP contribution is -2.34. The van der Waals surface area contributed by atoms with Gasteiger partial charge in [-0.15, -0.1) is 11.3 Å². The van der Waals surface area contributed by atoms with Crippen molar-refractivity contribution in [2.24, 2.45) is 0 Å². The Morgan fingerprint density at radius 3 is 2.42 bits per heavy atom. The van der Waals surface area contributed by atoms with Crippen molar-refractivity contribution in [3.8, 4) is 5.75 Å². The zero-order valence-electron chi connectivity index (χ0n) is 14.5. The summed E-state index contributed by atoms with van der Waals surface area (Å²) in [5.41, 5.74) is 2.31. The third-order valence-electron chi connectivity index (χ3n) is 4.05. The highest BCUT2D eigenvalue weighted by molar-refractivity contribution is 7.10. The van der Waals surface area contributed by atoms with E-state index in [0.29, 0.717) is 23.9 Å². The monoisotopic (exact) mass is 385 g/mol. The predicted molar refractivity (Wildman–Crippen MR) is 107 cm³/mol. The topological polar surface area (TPSA) is 29.5 Å². The first kappa shape index (κ1) is 18.5. The fourth-order valence-corrected chi connectivity index (χ4v) is 3.59. The van der Waals surface area contributed by atoms with E-state index in [4.69, 9.17) is 16.3 Å². The number of carbonyl (C=O) groups is 1. The molecule has 0 aliphatic carbocycles. The van der Waals surface area contributed by atoms with Gasteiger partial charge in [0.2, 0.25) is 0 Å². The molecule has 0 saturated carbocycles. The highest BCUT2D eigenvalue weighted by Crippen LogP contribution is 2.20. The Kier molecular flexibility index (Phi) is 6.31. The molecule has 5 heteroatoms. The van der Waals surface area contributed by atoms with E-state index in [2.05, 4.69) is 18.4 Å². The zero-order chi connectivity index (χ0) is 18.4. The van der Waals surface area contributed by atoms with Gasteiger partial charge in [0.25, 0.3) is 5.91 Å². The number of halogens is 1. The van der Waals surface area contributed by atoms with Crippen molar-refractivity contribution < 1.29 is 9.53 Å². The first-order valence-electron chi connectivity index (χ1n) is 8.35. The summed E-state index contributed by atoms with van der Waals surface area (Å²) >= 11 is 7.55. The summed E-state index contributed by atoms with van der Waals surface area (Å²) in [4.78, 5) is 15.8. The number of carbonyl (C=O) groups excluding carboxylic acids is 1. The van der Waals surface area contributed by atoms with Crippen LogP contribution in [-0.2, 0) is 17.9 Å². The maximum absolute atomic E-state index is 12.8. The van der Waals surface area contributed by atoms with Crippen LogP contribution in [0.3, 0.4) is 0 Å². The van der Waals surface area contributed by atoms with E-state index >= 15 is 0 Å². The molecule has 0 saturated heterocycles. The molecule has 0 unspecified atom stereocenters. The van der Waals surface area contributed by atoms with E-state index < -0.39 is 0 Å². The van der Waals surface area contributed by atoms with Crippen LogP contribution >= 0.6 is 22.9 Å². The van der Waals surface area contributed by atoms with Gasteiger partial charge >= 0.3 is 0 Å². The van der Waals surface area contributed by atoms with Gasteiger partial charge in [0.05, 0.1) is 6.54 Å². The van der Waals surface area contributed by atoms with Gasteiger partial charge in [-0.2, -0.15) is 0 Å². The Morgan fingerprint density at radius 1 is 1.04 bits per heavy atom. The lowest BCUT2D eigenvalue weighted by molar-refractivity contribution is -0.134. The third kappa shape index (κ3) is 5.10. The highest BCUT2D eigenvalue weighted by Gasteiger charge is 2.17. The van der Waals surface area contributed by atoms with Crippen LogP contribution in [0.5, 0.6) is 5.75 Å². The maximum Gasteiger partial charge on any atom is 0.261 e. The van der Waals surface area contributed by atoms with Crippen LogP contribution in [0.1, 0.15) is 16.0 Å². The average Bonchev–Trinajstić information content (AvgIpc) is 3.06. The molecule has 0 atom stereocenters. The number of amides is 1. The summed E-state index contributed by atoms with van der Waals surface area (Å²) in [6.45, 7) is 3.21. The highest BCUT2D eigenvalue weighted by atomic mass is 35.5. The van der Waals surface area contributed by atoms with E-state index in [1.165, 1.54) is 10.4 Å². The van der Waals surface area contributed by atoms with Gasteiger partial charge in [0, 0.05) is 16.4 Å². The summed E-state index contributed by atoms with van der Waals surface area (Å²) in [5, 5.41) is 2.70. The number of hydrogen-bond donors (Lipinski definition) is 0. The maximum atomic E-state index is 12.8. The molecule has 0 fully saturated rings. The Morgan fingerprint density at radius 2 is 1.77 bits per heavy atom. The Bertz CT molecular complexity index is 846. The van der Waals surface area contributed by atoms with Gasteiger partial charge in [-0.05, 0) is 53.8 Å². The van der Waals surface area contributed by atoms with Crippen molar-refractivity contribution in [3.05, 3.63) is 87.1 Å². The van der Waals surface area contributed by atoms with E-state index in [-0.39, 0.29) is 12.5 Å².